The molecular formula is C30H34FN7O. The van der Waals surface area contributed by atoms with E-state index in [1.807, 2.05) is 15.6 Å². The lowest BCUT2D eigenvalue weighted by Crippen LogP contribution is -2.46. The number of hydrogen-bond donors (Lipinski definition) is 2. The number of aromatic nitrogens is 5. The van der Waals surface area contributed by atoms with Crippen molar-refractivity contribution in [2.24, 2.45) is 11.3 Å². The number of alkyl halides is 1. The van der Waals surface area contributed by atoms with Gasteiger partial charge < -0.3 is 15.2 Å². The summed E-state index contributed by atoms with van der Waals surface area (Å²) in [7, 11) is 0. The number of benzene rings is 1. The van der Waals surface area contributed by atoms with Crippen LogP contribution in [0.25, 0.3) is 22.3 Å². The first kappa shape index (κ1) is 24.5. The third-order valence-corrected chi connectivity index (χ3v) is 9.21. The second kappa shape index (κ2) is 9.55. The zero-order valence-corrected chi connectivity index (χ0v) is 22.2. The fourth-order valence-corrected chi connectivity index (χ4v) is 6.87. The van der Waals surface area contributed by atoms with Crippen LogP contribution in [-0.2, 0) is 17.9 Å². The average Bonchev–Trinajstić information content (AvgIpc) is 3.69. The fourth-order valence-electron chi connectivity index (χ4n) is 6.87. The van der Waals surface area contributed by atoms with Gasteiger partial charge in [0.15, 0.2) is 5.82 Å². The number of pyridine rings is 1. The Hall–Kier alpha value is -3.59. The minimum absolute atomic E-state index is 0.145. The summed E-state index contributed by atoms with van der Waals surface area (Å²) in [5.41, 5.74) is 5.11. The summed E-state index contributed by atoms with van der Waals surface area (Å²) < 4.78 is 15.8. The number of halogens is 1. The maximum atomic E-state index is 14.0. The van der Waals surface area contributed by atoms with Gasteiger partial charge >= 0.3 is 0 Å². The number of nitrogens with one attached hydrogen (secondary N) is 2. The van der Waals surface area contributed by atoms with E-state index >= 15 is 0 Å². The number of rotatable bonds is 8. The molecule has 4 fully saturated rings. The molecular weight excluding hydrogens is 493 g/mol. The lowest BCUT2D eigenvalue weighted by atomic mass is 9.65. The molecule has 9 heteroatoms. The average molecular weight is 528 g/mol. The third kappa shape index (κ3) is 4.52. The second-order valence-electron chi connectivity index (χ2n) is 11.8. The molecule has 39 heavy (non-hydrogen) atoms. The van der Waals surface area contributed by atoms with E-state index in [2.05, 4.69) is 56.6 Å². The Balaban J connectivity index is 1.01. The molecule has 3 aromatic heterocycles. The van der Waals surface area contributed by atoms with Crippen LogP contribution in [0.2, 0.25) is 0 Å². The van der Waals surface area contributed by atoms with Crippen molar-refractivity contribution in [1.29, 1.82) is 0 Å². The van der Waals surface area contributed by atoms with Crippen molar-refractivity contribution in [2.45, 2.75) is 70.8 Å². The van der Waals surface area contributed by atoms with E-state index in [1.54, 1.807) is 18.7 Å². The van der Waals surface area contributed by atoms with Crippen LogP contribution in [0, 0.1) is 11.3 Å². The fraction of sp³-hybridized carbons (Fsp3) is 0.467. The topological polar surface area (TPSA) is 91.7 Å². The molecule has 202 valence electrons. The molecule has 2 atom stereocenters. The molecule has 4 heterocycles. The van der Waals surface area contributed by atoms with Crippen LogP contribution in [0.15, 0.2) is 49.1 Å². The second-order valence-corrected chi connectivity index (χ2v) is 11.8. The highest BCUT2D eigenvalue weighted by Crippen LogP contribution is 2.61. The van der Waals surface area contributed by atoms with E-state index in [9.17, 15) is 9.18 Å². The molecule has 1 saturated heterocycles. The van der Waals surface area contributed by atoms with Crippen LogP contribution in [0.3, 0.4) is 0 Å². The van der Waals surface area contributed by atoms with Crippen LogP contribution in [0.1, 0.15) is 56.7 Å². The molecule has 4 aromatic rings. The van der Waals surface area contributed by atoms with Gasteiger partial charge in [-0.05, 0) is 79.5 Å². The van der Waals surface area contributed by atoms with E-state index in [-0.39, 0.29) is 11.3 Å². The molecule has 3 aliphatic carbocycles. The van der Waals surface area contributed by atoms with Crippen molar-refractivity contribution in [1.82, 2.24) is 30.0 Å². The van der Waals surface area contributed by atoms with Crippen molar-refractivity contribution in [3.8, 4) is 11.4 Å². The van der Waals surface area contributed by atoms with Gasteiger partial charge in [-0.3, -0.25) is 9.78 Å². The maximum absolute atomic E-state index is 14.0. The van der Waals surface area contributed by atoms with Crippen molar-refractivity contribution in [2.75, 3.05) is 11.4 Å². The molecule has 0 radical (unpaired) electrons. The Kier molecular flexibility index (Phi) is 5.99. The molecule has 0 spiro atoms. The zero-order chi connectivity index (χ0) is 26.6. The SMILES string of the molecule is CC(NCc1cc2ccc(Cn3cnc(-c4cncc(N5CCCCC5=O)c4)n3)cc2[nH]1)C12CC(F)C(C1)C2. The molecule has 3 saturated carbocycles. The minimum atomic E-state index is -0.603. The summed E-state index contributed by atoms with van der Waals surface area (Å²) in [4.78, 5) is 26.6. The molecule has 1 aromatic carbocycles. The highest BCUT2D eigenvalue weighted by Gasteiger charge is 2.58. The van der Waals surface area contributed by atoms with Crippen molar-refractivity contribution >= 4 is 22.5 Å². The predicted molar refractivity (Wildman–Crippen MR) is 148 cm³/mol. The third-order valence-electron chi connectivity index (χ3n) is 9.21. The quantitative estimate of drug-likeness (QED) is 0.336. The van der Waals surface area contributed by atoms with E-state index in [0.717, 1.165) is 66.8 Å². The Morgan fingerprint density at radius 3 is 2.90 bits per heavy atom. The van der Waals surface area contributed by atoms with Gasteiger partial charge in [0.25, 0.3) is 0 Å². The van der Waals surface area contributed by atoms with Gasteiger partial charge in [0.05, 0.1) is 18.4 Å². The minimum Gasteiger partial charge on any atom is -0.357 e. The van der Waals surface area contributed by atoms with Gasteiger partial charge in [-0.15, -0.1) is 0 Å². The van der Waals surface area contributed by atoms with Crippen LogP contribution >= 0.6 is 0 Å². The smallest absolute Gasteiger partial charge is 0.227 e. The molecule has 8 nitrogen and oxygen atoms in total. The number of H-pyrrole nitrogens is 1. The largest absolute Gasteiger partial charge is 0.357 e. The number of amides is 1. The van der Waals surface area contributed by atoms with Crippen molar-refractivity contribution in [3.63, 3.8) is 0 Å². The molecule has 2 N–H and O–H groups in total. The maximum Gasteiger partial charge on any atom is 0.227 e. The summed E-state index contributed by atoms with van der Waals surface area (Å²) in [6, 6.07) is 10.9. The van der Waals surface area contributed by atoms with Gasteiger partial charge in [0.1, 0.15) is 12.5 Å². The van der Waals surface area contributed by atoms with E-state index in [0.29, 0.717) is 37.2 Å². The summed E-state index contributed by atoms with van der Waals surface area (Å²) in [5, 5.41) is 9.51. The van der Waals surface area contributed by atoms with Crippen LogP contribution in [-0.4, -0.2) is 49.4 Å². The zero-order valence-electron chi connectivity index (χ0n) is 22.2. The van der Waals surface area contributed by atoms with E-state index in [1.165, 1.54) is 5.39 Å². The number of aromatic amines is 1. The Morgan fingerprint density at radius 2 is 2.08 bits per heavy atom. The lowest BCUT2D eigenvalue weighted by Gasteiger charge is -2.43. The first-order chi connectivity index (χ1) is 19.0. The van der Waals surface area contributed by atoms with Crippen LogP contribution in [0.5, 0.6) is 0 Å². The standard InChI is InChI=1S/C30H34FN7O/c1-19(30-11-23(12-30)26(31)13-30)33-15-24-9-21-6-5-20(8-27(21)35-24)17-37-18-34-29(36-37)22-10-25(16-32-14-22)38-7-3-2-4-28(38)39/h5-6,8-10,14,16,18-19,23,26,33,35H,2-4,7,11-13,15,17H2,1H3. The monoisotopic (exact) mass is 527 g/mol. The Morgan fingerprint density at radius 1 is 1.18 bits per heavy atom. The highest BCUT2D eigenvalue weighted by atomic mass is 19.1. The first-order valence-corrected chi connectivity index (χ1v) is 14.1. The highest BCUT2D eigenvalue weighted by molar-refractivity contribution is 5.94. The molecule has 2 unspecified atom stereocenters. The van der Waals surface area contributed by atoms with Crippen molar-refractivity contribution in [3.05, 3.63) is 60.3 Å². The molecule has 1 aliphatic heterocycles. The van der Waals surface area contributed by atoms with Crippen molar-refractivity contribution < 1.29 is 9.18 Å². The molecule has 8 rings (SSSR count). The lowest BCUT2D eigenvalue weighted by molar-refractivity contribution is -0.119. The Labute approximate surface area is 227 Å². The summed E-state index contributed by atoms with van der Waals surface area (Å²) >= 11 is 0. The summed E-state index contributed by atoms with van der Waals surface area (Å²) in [6.45, 7) is 4.28. The number of carbonyl (C=O) groups excluding carboxylic acids is 1. The van der Waals surface area contributed by atoms with Gasteiger partial charge in [-0.2, -0.15) is 5.10 Å². The van der Waals surface area contributed by atoms with E-state index < -0.39 is 6.17 Å². The molecule has 4 aliphatic rings. The molecule has 1 amide bonds. The number of hydrogen-bond acceptors (Lipinski definition) is 5. The summed E-state index contributed by atoms with van der Waals surface area (Å²) in [6.07, 6.45) is 9.92. The van der Waals surface area contributed by atoms with E-state index in [4.69, 9.17) is 0 Å². The van der Waals surface area contributed by atoms with Crippen LogP contribution < -0.4 is 10.2 Å². The summed E-state index contributed by atoms with van der Waals surface area (Å²) in [5.74, 6) is 1.04. The Bertz CT molecular complexity index is 1520. The number of fused-ring (bicyclic) bond motifs is 2. The van der Waals surface area contributed by atoms with Gasteiger partial charge in [-0.25, -0.2) is 14.1 Å². The van der Waals surface area contributed by atoms with Gasteiger partial charge in [-0.1, -0.05) is 12.1 Å². The number of anilines is 1. The van der Waals surface area contributed by atoms with Gasteiger partial charge in [0, 0.05) is 48.5 Å². The number of nitrogens with zero attached hydrogens (tertiary/aromatic N) is 5. The first-order valence-electron chi connectivity index (χ1n) is 14.1. The predicted octanol–water partition coefficient (Wildman–Crippen LogP) is 5.00. The van der Waals surface area contributed by atoms with Gasteiger partial charge in [0.2, 0.25) is 5.91 Å². The molecule has 2 bridgehead atoms. The number of carbonyl (C=O) groups is 1. The normalized spacial score (nSPS) is 25.3. The number of piperidine rings is 1. The van der Waals surface area contributed by atoms with Crippen LogP contribution in [0.4, 0.5) is 10.1 Å².